The lowest BCUT2D eigenvalue weighted by molar-refractivity contribution is 0.942. The molecule has 0 aliphatic carbocycles. The van der Waals surface area contributed by atoms with Gasteiger partial charge in [-0.15, -0.1) is 0 Å². The van der Waals surface area contributed by atoms with E-state index in [4.69, 9.17) is 11.6 Å². The topological polar surface area (TPSA) is 30.2 Å². The number of benzene rings is 1. The molecular formula is C12H7ClIN3. The zero-order chi connectivity index (χ0) is 11.8. The third kappa shape index (κ3) is 2.02. The van der Waals surface area contributed by atoms with Crippen LogP contribution in [0.1, 0.15) is 0 Å². The van der Waals surface area contributed by atoms with Gasteiger partial charge in [-0.25, -0.2) is 9.50 Å². The number of rotatable bonds is 1. The molecule has 2 heterocycles. The Balaban J connectivity index is 2.23. The lowest BCUT2D eigenvalue weighted by Crippen LogP contribution is -1.94. The van der Waals surface area contributed by atoms with Gasteiger partial charge in [0.05, 0.1) is 11.9 Å². The van der Waals surface area contributed by atoms with Crippen LogP contribution >= 0.6 is 34.2 Å². The van der Waals surface area contributed by atoms with Gasteiger partial charge in [-0.05, 0) is 34.7 Å². The van der Waals surface area contributed by atoms with Crippen LogP contribution in [0.15, 0.2) is 42.6 Å². The van der Waals surface area contributed by atoms with E-state index in [9.17, 15) is 0 Å². The van der Waals surface area contributed by atoms with Crippen LogP contribution in [0.2, 0.25) is 5.15 Å². The van der Waals surface area contributed by atoms with E-state index in [0.29, 0.717) is 5.15 Å². The number of aromatic nitrogens is 3. The predicted octanol–water partition coefficient (Wildman–Crippen LogP) is 3.65. The molecule has 0 spiro atoms. The highest BCUT2D eigenvalue weighted by Gasteiger charge is 2.06. The van der Waals surface area contributed by atoms with Crippen molar-refractivity contribution >= 4 is 39.8 Å². The second-order valence-corrected chi connectivity index (χ2v) is 5.21. The van der Waals surface area contributed by atoms with Crippen molar-refractivity contribution in [2.24, 2.45) is 0 Å². The summed E-state index contributed by atoms with van der Waals surface area (Å²) in [6.07, 6.45) is 1.69. The highest BCUT2D eigenvalue weighted by molar-refractivity contribution is 14.1. The first-order chi connectivity index (χ1) is 8.24. The fraction of sp³-hybridized carbons (Fsp3) is 0. The van der Waals surface area contributed by atoms with Crippen LogP contribution in [0.3, 0.4) is 0 Å². The molecular weight excluding hydrogens is 349 g/mol. The maximum Gasteiger partial charge on any atom is 0.157 e. The summed E-state index contributed by atoms with van der Waals surface area (Å²) < 4.78 is 2.78. The monoisotopic (exact) mass is 355 g/mol. The van der Waals surface area contributed by atoms with E-state index in [2.05, 4.69) is 38.7 Å². The summed E-state index contributed by atoms with van der Waals surface area (Å²) in [5.41, 5.74) is 2.68. The Labute approximate surface area is 117 Å². The fourth-order valence-corrected chi connectivity index (χ4v) is 2.45. The minimum Gasteiger partial charge on any atom is -0.228 e. The third-order valence-corrected chi connectivity index (χ3v) is 3.38. The molecule has 0 N–H and O–H groups in total. The molecule has 84 valence electrons. The summed E-state index contributed by atoms with van der Waals surface area (Å²) in [5.74, 6) is 0. The Morgan fingerprint density at radius 1 is 1.18 bits per heavy atom. The van der Waals surface area contributed by atoms with Crippen molar-refractivity contribution in [1.82, 2.24) is 14.6 Å². The summed E-state index contributed by atoms with van der Waals surface area (Å²) in [6.45, 7) is 0. The maximum atomic E-state index is 6.15. The van der Waals surface area contributed by atoms with Crippen LogP contribution in [0.25, 0.3) is 16.9 Å². The second-order valence-electron chi connectivity index (χ2n) is 3.58. The SMILES string of the molecule is Clc1cc(-c2cccc(I)c2)nc2ccnn12. The number of nitrogens with zero attached hydrogens (tertiary/aromatic N) is 3. The van der Waals surface area contributed by atoms with Crippen molar-refractivity contribution in [2.45, 2.75) is 0 Å². The van der Waals surface area contributed by atoms with Gasteiger partial charge in [0, 0.05) is 21.3 Å². The Hall–Kier alpha value is -1.14. The standard InChI is InChI=1S/C12H7ClIN3/c13-11-7-10(8-2-1-3-9(14)6-8)16-12-4-5-15-17(11)12/h1-7H. The molecule has 0 radical (unpaired) electrons. The second kappa shape index (κ2) is 4.27. The molecule has 3 aromatic rings. The van der Waals surface area contributed by atoms with E-state index in [0.717, 1.165) is 16.9 Å². The maximum absolute atomic E-state index is 6.15. The molecule has 0 bridgehead atoms. The highest BCUT2D eigenvalue weighted by atomic mass is 127. The summed E-state index contributed by atoms with van der Waals surface area (Å²) in [5, 5.41) is 4.66. The van der Waals surface area contributed by atoms with Crippen molar-refractivity contribution in [3.05, 3.63) is 51.3 Å². The van der Waals surface area contributed by atoms with Gasteiger partial charge in [0.1, 0.15) is 5.15 Å². The average molecular weight is 356 g/mol. The smallest absolute Gasteiger partial charge is 0.157 e. The van der Waals surface area contributed by atoms with Crippen molar-refractivity contribution < 1.29 is 0 Å². The van der Waals surface area contributed by atoms with Gasteiger partial charge in [0.15, 0.2) is 5.65 Å². The summed E-state index contributed by atoms with van der Waals surface area (Å²) in [7, 11) is 0. The molecule has 3 nitrogen and oxygen atoms in total. The van der Waals surface area contributed by atoms with Crippen molar-refractivity contribution in [3.8, 4) is 11.3 Å². The van der Waals surface area contributed by atoms with Crippen LogP contribution in [0.4, 0.5) is 0 Å². The van der Waals surface area contributed by atoms with Gasteiger partial charge in [-0.2, -0.15) is 5.10 Å². The Morgan fingerprint density at radius 3 is 2.88 bits per heavy atom. The van der Waals surface area contributed by atoms with Crippen molar-refractivity contribution in [3.63, 3.8) is 0 Å². The summed E-state index contributed by atoms with van der Waals surface area (Å²) >= 11 is 8.43. The molecule has 0 aliphatic heterocycles. The Bertz CT molecular complexity index is 693. The predicted molar refractivity (Wildman–Crippen MR) is 76.2 cm³/mol. The van der Waals surface area contributed by atoms with E-state index in [1.165, 1.54) is 3.57 Å². The molecule has 0 unspecified atom stereocenters. The van der Waals surface area contributed by atoms with Crippen molar-refractivity contribution in [2.75, 3.05) is 0 Å². The fourth-order valence-electron chi connectivity index (χ4n) is 1.67. The first-order valence-corrected chi connectivity index (χ1v) is 6.46. The number of hydrogen-bond acceptors (Lipinski definition) is 2. The third-order valence-electron chi connectivity index (χ3n) is 2.44. The molecule has 0 fully saturated rings. The van der Waals surface area contributed by atoms with Gasteiger partial charge in [0.2, 0.25) is 0 Å². The van der Waals surface area contributed by atoms with Gasteiger partial charge >= 0.3 is 0 Å². The molecule has 0 amide bonds. The number of fused-ring (bicyclic) bond motifs is 1. The average Bonchev–Trinajstić information content (AvgIpc) is 2.77. The van der Waals surface area contributed by atoms with Crippen LogP contribution in [-0.4, -0.2) is 14.6 Å². The Kier molecular flexibility index (Phi) is 2.76. The van der Waals surface area contributed by atoms with E-state index in [1.54, 1.807) is 10.7 Å². The number of hydrogen-bond donors (Lipinski definition) is 0. The first kappa shape index (κ1) is 11.0. The molecule has 3 rings (SSSR count). The Morgan fingerprint density at radius 2 is 2.06 bits per heavy atom. The van der Waals surface area contributed by atoms with Gasteiger partial charge < -0.3 is 0 Å². The summed E-state index contributed by atoms with van der Waals surface area (Å²) in [4.78, 5) is 4.52. The number of halogens is 2. The quantitative estimate of drug-likeness (QED) is 0.493. The lowest BCUT2D eigenvalue weighted by Gasteiger charge is -2.04. The normalized spacial score (nSPS) is 10.9. The van der Waals surface area contributed by atoms with E-state index < -0.39 is 0 Å². The highest BCUT2D eigenvalue weighted by Crippen LogP contribution is 2.23. The molecule has 0 aliphatic rings. The van der Waals surface area contributed by atoms with E-state index in [1.807, 2.05) is 30.3 Å². The van der Waals surface area contributed by atoms with Gasteiger partial charge in [0.25, 0.3) is 0 Å². The molecule has 0 atom stereocenters. The van der Waals surface area contributed by atoms with Gasteiger partial charge in [-0.3, -0.25) is 0 Å². The zero-order valence-corrected chi connectivity index (χ0v) is 11.6. The lowest BCUT2D eigenvalue weighted by atomic mass is 10.1. The van der Waals surface area contributed by atoms with Crippen LogP contribution in [0, 0.1) is 3.57 Å². The van der Waals surface area contributed by atoms with Crippen LogP contribution < -0.4 is 0 Å². The first-order valence-electron chi connectivity index (χ1n) is 5.00. The minimum absolute atomic E-state index is 0.564. The van der Waals surface area contributed by atoms with Gasteiger partial charge in [-0.1, -0.05) is 23.7 Å². The van der Waals surface area contributed by atoms with E-state index in [-0.39, 0.29) is 0 Å². The summed E-state index contributed by atoms with van der Waals surface area (Å²) in [6, 6.07) is 11.8. The zero-order valence-electron chi connectivity index (χ0n) is 8.64. The molecule has 2 aromatic heterocycles. The largest absolute Gasteiger partial charge is 0.228 e. The molecule has 17 heavy (non-hydrogen) atoms. The van der Waals surface area contributed by atoms with Crippen molar-refractivity contribution in [1.29, 1.82) is 0 Å². The van der Waals surface area contributed by atoms with Crippen LogP contribution in [-0.2, 0) is 0 Å². The minimum atomic E-state index is 0.564. The molecule has 1 aromatic carbocycles. The molecule has 0 saturated heterocycles. The van der Waals surface area contributed by atoms with E-state index >= 15 is 0 Å². The van der Waals surface area contributed by atoms with Crippen LogP contribution in [0.5, 0.6) is 0 Å². The molecule has 5 heteroatoms. The molecule has 0 saturated carbocycles.